The lowest BCUT2D eigenvalue weighted by Crippen LogP contribution is -2.27. The summed E-state index contributed by atoms with van der Waals surface area (Å²) >= 11 is 0. The maximum atomic E-state index is 3.69. The monoisotopic (exact) mass is 247 g/mol. The van der Waals surface area contributed by atoms with Gasteiger partial charge in [0.15, 0.2) is 0 Å². The van der Waals surface area contributed by atoms with Crippen LogP contribution in [-0.2, 0) is 6.42 Å². The zero-order valence-electron chi connectivity index (χ0n) is 12.5. The summed E-state index contributed by atoms with van der Waals surface area (Å²) < 4.78 is 0. The summed E-state index contributed by atoms with van der Waals surface area (Å²) in [5.74, 6) is 0.688. The van der Waals surface area contributed by atoms with Crippen molar-refractivity contribution < 1.29 is 0 Å². The van der Waals surface area contributed by atoms with Gasteiger partial charge in [0.05, 0.1) is 0 Å². The van der Waals surface area contributed by atoms with Crippen molar-refractivity contribution in [3.63, 3.8) is 0 Å². The second-order valence-corrected chi connectivity index (χ2v) is 5.31. The number of rotatable bonds is 8. The maximum Gasteiger partial charge on any atom is 0.0345 e. The Labute approximate surface area is 113 Å². The smallest absolute Gasteiger partial charge is 0.0345 e. The molecule has 2 atom stereocenters. The van der Waals surface area contributed by atoms with E-state index in [0.29, 0.717) is 12.0 Å². The summed E-state index contributed by atoms with van der Waals surface area (Å²) in [6, 6.07) is 9.71. The minimum atomic E-state index is 0.505. The fraction of sp³-hybridized carbons (Fsp3) is 0.647. The molecule has 1 N–H and O–H groups in total. The highest BCUT2D eigenvalue weighted by Gasteiger charge is 2.16. The van der Waals surface area contributed by atoms with Gasteiger partial charge in [0.2, 0.25) is 0 Å². The molecule has 0 aliphatic rings. The van der Waals surface area contributed by atoms with Crippen LogP contribution in [0.3, 0.4) is 0 Å². The highest BCUT2D eigenvalue weighted by atomic mass is 14.9. The molecule has 0 saturated heterocycles. The number of hydrogen-bond donors (Lipinski definition) is 1. The van der Waals surface area contributed by atoms with Crippen LogP contribution in [0.1, 0.15) is 64.1 Å². The zero-order chi connectivity index (χ0) is 13.4. The average Bonchev–Trinajstić information content (AvgIpc) is 2.41. The van der Waals surface area contributed by atoms with Crippen LogP contribution in [0.4, 0.5) is 0 Å². The van der Waals surface area contributed by atoms with Crippen molar-refractivity contribution in [1.82, 2.24) is 5.32 Å². The van der Waals surface area contributed by atoms with E-state index < -0.39 is 0 Å². The Morgan fingerprint density at radius 1 is 1.00 bits per heavy atom. The summed E-state index contributed by atoms with van der Waals surface area (Å²) in [5.41, 5.74) is 2.90. The molecule has 0 aliphatic carbocycles. The third-order valence-electron chi connectivity index (χ3n) is 3.70. The van der Waals surface area contributed by atoms with E-state index in [1.807, 2.05) is 0 Å². The molecule has 0 heterocycles. The molecular formula is C17H29N. The van der Waals surface area contributed by atoms with E-state index in [9.17, 15) is 0 Å². The summed E-state index contributed by atoms with van der Waals surface area (Å²) in [4.78, 5) is 0. The molecule has 0 radical (unpaired) electrons. The molecule has 18 heavy (non-hydrogen) atoms. The standard InChI is InChI=1S/C17H29N/c1-5-8-15-9-11-16(12-10-15)17(14(4)7-3)18-13-6-2/h9-12,14,17-18H,5-8,13H2,1-4H3. The second-order valence-electron chi connectivity index (χ2n) is 5.31. The quantitative estimate of drug-likeness (QED) is 0.700. The molecule has 2 unspecified atom stereocenters. The lowest BCUT2D eigenvalue weighted by atomic mass is 9.91. The largest absolute Gasteiger partial charge is 0.310 e. The fourth-order valence-electron chi connectivity index (χ4n) is 2.36. The van der Waals surface area contributed by atoms with Crippen LogP contribution in [0.2, 0.25) is 0 Å². The number of nitrogens with one attached hydrogen (secondary N) is 1. The molecule has 1 nitrogen and oxygen atoms in total. The van der Waals surface area contributed by atoms with Gasteiger partial charge in [-0.3, -0.25) is 0 Å². The van der Waals surface area contributed by atoms with Gasteiger partial charge in [-0.15, -0.1) is 0 Å². The first-order valence-corrected chi connectivity index (χ1v) is 7.55. The van der Waals surface area contributed by atoms with E-state index in [4.69, 9.17) is 0 Å². The molecule has 0 aromatic heterocycles. The Bertz CT molecular complexity index is 315. The van der Waals surface area contributed by atoms with Crippen molar-refractivity contribution in [2.45, 2.75) is 59.4 Å². The van der Waals surface area contributed by atoms with E-state index in [1.165, 1.54) is 36.8 Å². The van der Waals surface area contributed by atoms with Gasteiger partial charge >= 0.3 is 0 Å². The molecule has 1 aromatic carbocycles. The predicted molar refractivity (Wildman–Crippen MR) is 80.9 cm³/mol. The zero-order valence-corrected chi connectivity index (χ0v) is 12.5. The van der Waals surface area contributed by atoms with E-state index in [1.54, 1.807) is 0 Å². The van der Waals surface area contributed by atoms with Crippen molar-refractivity contribution in [3.8, 4) is 0 Å². The summed E-state index contributed by atoms with van der Waals surface area (Å²) in [6.07, 6.45) is 4.83. The van der Waals surface area contributed by atoms with E-state index in [2.05, 4.69) is 57.3 Å². The van der Waals surface area contributed by atoms with Gasteiger partial charge in [0.1, 0.15) is 0 Å². The van der Waals surface area contributed by atoms with Crippen LogP contribution in [-0.4, -0.2) is 6.54 Å². The van der Waals surface area contributed by atoms with Crippen LogP contribution >= 0.6 is 0 Å². The van der Waals surface area contributed by atoms with Gasteiger partial charge in [0.25, 0.3) is 0 Å². The number of aryl methyl sites for hydroxylation is 1. The first kappa shape index (κ1) is 15.2. The van der Waals surface area contributed by atoms with Crippen molar-refractivity contribution in [2.24, 2.45) is 5.92 Å². The normalized spacial score (nSPS) is 14.4. The first-order valence-electron chi connectivity index (χ1n) is 7.55. The molecule has 0 spiro atoms. The minimum Gasteiger partial charge on any atom is -0.310 e. The molecular weight excluding hydrogens is 218 g/mol. The lowest BCUT2D eigenvalue weighted by molar-refractivity contribution is 0.377. The van der Waals surface area contributed by atoms with E-state index in [0.717, 1.165) is 6.54 Å². The third-order valence-corrected chi connectivity index (χ3v) is 3.70. The van der Waals surface area contributed by atoms with Gasteiger partial charge in [-0.05, 0) is 36.4 Å². The molecule has 0 bridgehead atoms. The Morgan fingerprint density at radius 3 is 2.17 bits per heavy atom. The maximum absolute atomic E-state index is 3.69. The fourth-order valence-corrected chi connectivity index (χ4v) is 2.36. The third kappa shape index (κ3) is 4.45. The molecule has 1 rings (SSSR count). The Kier molecular flexibility index (Phi) is 7.04. The highest BCUT2D eigenvalue weighted by Crippen LogP contribution is 2.24. The summed E-state index contributed by atoms with van der Waals surface area (Å²) in [6.45, 7) is 10.2. The van der Waals surface area contributed by atoms with Crippen molar-refractivity contribution in [1.29, 1.82) is 0 Å². The first-order chi connectivity index (χ1) is 8.72. The summed E-state index contributed by atoms with van der Waals surface area (Å²) in [7, 11) is 0. The Hall–Kier alpha value is -0.820. The lowest BCUT2D eigenvalue weighted by Gasteiger charge is -2.25. The van der Waals surface area contributed by atoms with Crippen LogP contribution < -0.4 is 5.32 Å². The molecule has 0 fully saturated rings. The van der Waals surface area contributed by atoms with Gasteiger partial charge < -0.3 is 5.32 Å². The van der Waals surface area contributed by atoms with E-state index in [-0.39, 0.29) is 0 Å². The molecule has 0 aliphatic heterocycles. The van der Waals surface area contributed by atoms with E-state index >= 15 is 0 Å². The second kappa shape index (κ2) is 8.31. The molecule has 0 amide bonds. The predicted octanol–water partition coefficient (Wildman–Crippen LogP) is 4.73. The van der Waals surface area contributed by atoms with Crippen molar-refractivity contribution in [3.05, 3.63) is 35.4 Å². The number of benzene rings is 1. The molecule has 1 aromatic rings. The Balaban J connectivity index is 2.77. The molecule has 0 saturated carbocycles. The van der Waals surface area contributed by atoms with Crippen LogP contribution in [0.25, 0.3) is 0 Å². The van der Waals surface area contributed by atoms with Crippen molar-refractivity contribution >= 4 is 0 Å². The SMILES string of the molecule is CCCNC(c1ccc(CCC)cc1)C(C)CC. The van der Waals surface area contributed by atoms with Crippen molar-refractivity contribution in [2.75, 3.05) is 6.54 Å². The van der Waals surface area contributed by atoms with Crippen LogP contribution in [0, 0.1) is 5.92 Å². The number of hydrogen-bond acceptors (Lipinski definition) is 1. The van der Waals surface area contributed by atoms with Crippen LogP contribution in [0.5, 0.6) is 0 Å². The topological polar surface area (TPSA) is 12.0 Å². The molecule has 1 heteroatoms. The minimum absolute atomic E-state index is 0.505. The van der Waals surface area contributed by atoms with Gasteiger partial charge in [0, 0.05) is 6.04 Å². The van der Waals surface area contributed by atoms with Crippen LogP contribution in [0.15, 0.2) is 24.3 Å². The van der Waals surface area contributed by atoms with Gasteiger partial charge in [-0.2, -0.15) is 0 Å². The summed E-state index contributed by atoms with van der Waals surface area (Å²) in [5, 5.41) is 3.69. The average molecular weight is 247 g/mol. The Morgan fingerprint density at radius 2 is 1.67 bits per heavy atom. The molecule has 102 valence electrons. The van der Waals surface area contributed by atoms with Gasteiger partial charge in [-0.25, -0.2) is 0 Å². The highest BCUT2D eigenvalue weighted by molar-refractivity contribution is 5.25. The van der Waals surface area contributed by atoms with Gasteiger partial charge in [-0.1, -0.05) is 64.8 Å².